The fourth-order valence-electron chi connectivity index (χ4n) is 2.58. The van der Waals surface area contributed by atoms with Crippen molar-refractivity contribution in [2.24, 2.45) is 5.73 Å². The topological polar surface area (TPSA) is 43.8 Å². The summed E-state index contributed by atoms with van der Waals surface area (Å²) in [5.74, 6) is 1.09. The van der Waals surface area contributed by atoms with Crippen LogP contribution >= 0.6 is 12.2 Å². The molecule has 3 nitrogen and oxygen atoms in total. The van der Waals surface area contributed by atoms with Crippen LogP contribution in [0.15, 0.2) is 48.5 Å². The van der Waals surface area contributed by atoms with E-state index in [0.717, 1.165) is 35.4 Å². The summed E-state index contributed by atoms with van der Waals surface area (Å²) >= 11 is 5.05. The number of aromatic nitrogens is 2. The van der Waals surface area contributed by atoms with Crippen LogP contribution in [0.25, 0.3) is 11.0 Å². The number of nitrogens with two attached hydrogens (primary N) is 1. The van der Waals surface area contributed by atoms with E-state index in [9.17, 15) is 0 Å². The number of aryl methyl sites for hydroxylation is 1. The highest BCUT2D eigenvalue weighted by Gasteiger charge is 2.09. The van der Waals surface area contributed by atoms with Crippen LogP contribution in [0.4, 0.5) is 0 Å². The number of para-hydroxylation sites is 2. The number of rotatable bonds is 4. The van der Waals surface area contributed by atoms with Gasteiger partial charge in [0, 0.05) is 18.5 Å². The maximum absolute atomic E-state index is 5.71. The first-order valence-electron chi connectivity index (χ1n) is 7.02. The highest BCUT2D eigenvalue weighted by molar-refractivity contribution is 7.80. The standard InChI is InChI=1S/C17H17N3S/c1-2-16-19-14-8-3-4-9-15(14)20(16)11-12-6-5-7-13(10-12)17(18)21/h3-10H,2,11H2,1H3,(H2,18,21). The summed E-state index contributed by atoms with van der Waals surface area (Å²) < 4.78 is 2.26. The monoisotopic (exact) mass is 295 g/mol. The second kappa shape index (κ2) is 5.66. The molecule has 3 rings (SSSR count). The molecule has 2 aromatic carbocycles. The summed E-state index contributed by atoms with van der Waals surface area (Å²) in [5, 5.41) is 0. The second-order valence-corrected chi connectivity index (χ2v) is 5.46. The average Bonchev–Trinajstić information content (AvgIpc) is 2.86. The molecule has 0 saturated heterocycles. The SMILES string of the molecule is CCc1nc2ccccc2n1Cc1cccc(C(N)=S)c1. The van der Waals surface area contributed by atoms with Gasteiger partial charge in [0.15, 0.2) is 0 Å². The summed E-state index contributed by atoms with van der Waals surface area (Å²) in [6, 6.07) is 16.3. The van der Waals surface area contributed by atoms with Crippen molar-refractivity contribution in [3.05, 3.63) is 65.5 Å². The molecule has 0 fully saturated rings. The van der Waals surface area contributed by atoms with Gasteiger partial charge in [0.05, 0.1) is 11.0 Å². The van der Waals surface area contributed by atoms with Gasteiger partial charge in [-0.2, -0.15) is 0 Å². The average molecular weight is 295 g/mol. The Balaban J connectivity index is 2.05. The molecule has 106 valence electrons. The molecule has 0 radical (unpaired) electrons. The second-order valence-electron chi connectivity index (χ2n) is 5.02. The molecule has 0 unspecified atom stereocenters. The zero-order valence-corrected chi connectivity index (χ0v) is 12.7. The van der Waals surface area contributed by atoms with E-state index in [2.05, 4.69) is 35.8 Å². The van der Waals surface area contributed by atoms with E-state index in [-0.39, 0.29) is 0 Å². The molecule has 4 heteroatoms. The Hall–Kier alpha value is -2.20. The predicted molar refractivity (Wildman–Crippen MR) is 90.5 cm³/mol. The first-order chi connectivity index (χ1) is 10.2. The van der Waals surface area contributed by atoms with Gasteiger partial charge in [-0.15, -0.1) is 0 Å². The summed E-state index contributed by atoms with van der Waals surface area (Å²) in [5.41, 5.74) is 10.0. The van der Waals surface area contributed by atoms with Crippen molar-refractivity contribution in [3.8, 4) is 0 Å². The van der Waals surface area contributed by atoms with Gasteiger partial charge < -0.3 is 10.3 Å². The van der Waals surface area contributed by atoms with Crippen LogP contribution < -0.4 is 5.73 Å². The van der Waals surface area contributed by atoms with Crippen LogP contribution in [0, 0.1) is 0 Å². The third kappa shape index (κ3) is 2.67. The molecule has 0 amide bonds. The molecule has 2 N–H and O–H groups in total. The lowest BCUT2D eigenvalue weighted by atomic mass is 10.1. The Morgan fingerprint density at radius 1 is 1.19 bits per heavy atom. The van der Waals surface area contributed by atoms with E-state index in [0.29, 0.717) is 4.99 Å². The number of thiocarbonyl (C=S) groups is 1. The van der Waals surface area contributed by atoms with Crippen LogP contribution in [0.1, 0.15) is 23.9 Å². The number of hydrogen-bond donors (Lipinski definition) is 1. The van der Waals surface area contributed by atoms with Crippen molar-refractivity contribution in [1.82, 2.24) is 9.55 Å². The van der Waals surface area contributed by atoms with Crippen molar-refractivity contribution in [2.75, 3.05) is 0 Å². The van der Waals surface area contributed by atoms with E-state index in [4.69, 9.17) is 22.9 Å². The molecule has 1 aromatic heterocycles. The molecule has 0 spiro atoms. The summed E-state index contributed by atoms with van der Waals surface area (Å²) in [6.07, 6.45) is 0.906. The number of imidazole rings is 1. The first-order valence-corrected chi connectivity index (χ1v) is 7.42. The van der Waals surface area contributed by atoms with Gasteiger partial charge >= 0.3 is 0 Å². The maximum Gasteiger partial charge on any atom is 0.109 e. The molecule has 3 aromatic rings. The van der Waals surface area contributed by atoms with Gasteiger partial charge in [0.2, 0.25) is 0 Å². The first kappa shape index (κ1) is 13.8. The fraction of sp³-hybridized carbons (Fsp3) is 0.176. The minimum atomic E-state index is 0.433. The largest absolute Gasteiger partial charge is 0.389 e. The fourth-order valence-corrected chi connectivity index (χ4v) is 2.70. The molecular formula is C17H17N3S. The third-order valence-electron chi connectivity index (χ3n) is 3.60. The van der Waals surface area contributed by atoms with Crippen molar-refractivity contribution >= 4 is 28.2 Å². The summed E-state index contributed by atoms with van der Waals surface area (Å²) in [4.78, 5) is 5.13. The van der Waals surface area contributed by atoms with E-state index in [1.807, 2.05) is 24.3 Å². The molecule has 1 heterocycles. The Morgan fingerprint density at radius 2 is 2.00 bits per heavy atom. The van der Waals surface area contributed by atoms with Gasteiger partial charge in [-0.1, -0.05) is 49.5 Å². The van der Waals surface area contributed by atoms with Gasteiger partial charge in [0.25, 0.3) is 0 Å². The van der Waals surface area contributed by atoms with E-state index < -0.39 is 0 Å². The van der Waals surface area contributed by atoms with Gasteiger partial charge in [-0.25, -0.2) is 4.98 Å². The summed E-state index contributed by atoms with van der Waals surface area (Å²) in [7, 11) is 0. The highest BCUT2D eigenvalue weighted by atomic mass is 32.1. The van der Waals surface area contributed by atoms with Crippen LogP contribution in [-0.4, -0.2) is 14.5 Å². The van der Waals surface area contributed by atoms with Crippen molar-refractivity contribution < 1.29 is 0 Å². The minimum Gasteiger partial charge on any atom is -0.389 e. The Labute approximate surface area is 129 Å². The van der Waals surface area contributed by atoms with Crippen LogP contribution in [0.3, 0.4) is 0 Å². The van der Waals surface area contributed by atoms with Crippen molar-refractivity contribution in [2.45, 2.75) is 19.9 Å². The van der Waals surface area contributed by atoms with Crippen LogP contribution in [0.2, 0.25) is 0 Å². The molecule has 0 aliphatic carbocycles. The molecule has 0 aliphatic heterocycles. The Bertz CT molecular complexity index is 805. The molecular weight excluding hydrogens is 278 g/mol. The lowest BCUT2D eigenvalue weighted by molar-refractivity contribution is 0.753. The Morgan fingerprint density at radius 3 is 2.76 bits per heavy atom. The normalized spacial score (nSPS) is 10.9. The van der Waals surface area contributed by atoms with Crippen LogP contribution in [-0.2, 0) is 13.0 Å². The molecule has 0 aliphatic rings. The van der Waals surface area contributed by atoms with Crippen molar-refractivity contribution in [3.63, 3.8) is 0 Å². The van der Waals surface area contributed by atoms with Gasteiger partial charge in [-0.05, 0) is 23.8 Å². The number of benzene rings is 2. The lowest BCUT2D eigenvalue weighted by Crippen LogP contribution is -2.10. The number of hydrogen-bond acceptors (Lipinski definition) is 2. The van der Waals surface area contributed by atoms with Gasteiger partial charge in [0.1, 0.15) is 10.8 Å². The smallest absolute Gasteiger partial charge is 0.109 e. The zero-order chi connectivity index (χ0) is 14.8. The van der Waals surface area contributed by atoms with Crippen molar-refractivity contribution in [1.29, 1.82) is 0 Å². The van der Waals surface area contributed by atoms with E-state index in [1.54, 1.807) is 0 Å². The van der Waals surface area contributed by atoms with E-state index in [1.165, 1.54) is 5.56 Å². The number of nitrogens with zero attached hydrogens (tertiary/aromatic N) is 2. The lowest BCUT2D eigenvalue weighted by Gasteiger charge is -2.09. The molecule has 21 heavy (non-hydrogen) atoms. The maximum atomic E-state index is 5.71. The molecule has 0 atom stereocenters. The number of fused-ring (bicyclic) bond motifs is 1. The zero-order valence-electron chi connectivity index (χ0n) is 11.9. The van der Waals surface area contributed by atoms with E-state index >= 15 is 0 Å². The quantitative estimate of drug-likeness (QED) is 0.751. The Kier molecular flexibility index (Phi) is 3.71. The molecule has 0 bridgehead atoms. The van der Waals surface area contributed by atoms with Crippen LogP contribution in [0.5, 0.6) is 0 Å². The highest BCUT2D eigenvalue weighted by Crippen LogP contribution is 2.18. The predicted octanol–water partition coefficient (Wildman–Crippen LogP) is 3.28. The van der Waals surface area contributed by atoms with Gasteiger partial charge in [-0.3, -0.25) is 0 Å². The molecule has 0 saturated carbocycles. The third-order valence-corrected chi connectivity index (χ3v) is 3.84. The minimum absolute atomic E-state index is 0.433. The summed E-state index contributed by atoms with van der Waals surface area (Å²) in [6.45, 7) is 2.91.